The number of benzene rings is 2. The monoisotopic (exact) mass is 307 g/mol. The van der Waals surface area contributed by atoms with E-state index in [1.165, 1.54) is 6.07 Å². The first-order chi connectivity index (χ1) is 9.91. The number of aliphatic hydroxyl groups excluding tert-OH is 1. The summed E-state index contributed by atoms with van der Waals surface area (Å²) < 4.78 is 28.9. The van der Waals surface area contributed by atoms with Crippen molar-refractivity contribution in [1.82, 2.24) is 0 Å². The van der Waals surface area contributed by atoms with Crippen molar-refractivity contribution in [3.8, 4) is 11.5 Å². The lowest BCUT2D eigenvalue weighted by molar-refractivity contribution is 0.299. The van der Waals surface area contributed by atoms with Gasteiger partial charge >= 0.3 is 0 Å². The second kappa shape index (κ2) is 6.15. The summed E-state index contributed by atoms with van der Waals surface area (Å²) in [4.78, 5) is 0.0527. The van der Waals surface area contributed by atoms with E-state index in [-0.39, 0.29) is 17.2 Å². The largest absolute Gasteiger partial charge is 0.455 e. The molecule has 0 saturated heterocycles. The van der Waals surface area contributed by atoms with Crippen LogP contribution < -0.4 is 10.5 Å². The van der Waals surface area contributed by atoms with E-state index >= 15 is 0 Å². The summed E-state index contributed by atoms with van der Waals surface area (Å²) in [7, 11) is -3.40. The third-order valence-corrected chi connectivity index (χ3v) is 4.13. The topological polar surface area (TPSA) is 89.6 Å². The summed E-state index contributed by atoms with van der Waals surface area (Å²) in [5, 5.41) is 8.86. The number of aliphatic hydroxyl groups is 1. The maximum atomic E-state index is 11.6. The Morgan fingerprint density at radius 3 is 2.38 bits per heavy atom. The van der Waals surface area contributed by atoms with Crippen LogP contribution in [0.25, 0.3) is 0 Å². The number of hydrogen-bond donors (Lipinski definition) is 2. The molecule has 5 nitrogen and oxygen atoms in total. The minimum absolute atomic E-state index is 0.0527. The van der Waals surface area contributed by atoms with Crippen LogP contribution in [0.5, 0.6) is 11.5 Å². The predicted octanol–water partition coefficient (Wildman–Crippen LogP) is 2.00. The molecule has 2 aromatic rings. The summed E-state index contributed by atoms with van der Waals surface area (Å²) >= 11 is 0. The summed E-state index contributed by atoms with van der Waals surface area (Å²) in [6.45, 7) is 0.0869. The minimum Gasteiger partial charge on any atom is -0.455 e. The molecule has 0 heterocycles. The van der Waals surface area contributed by atoms with Gasteiger partial charge in [-0.05, 0) is 36.2 Å². The number of para-hydroxylation sites is 1. The maximum absolute atomic E-state index is 11.6. The molecule has 112 valence electrons. The van der Waals surface area contributed by atoms with E-state index in [9.17, 15) is 8.42 Å². The standard InChI is InChI=1S/C15H17NO4S/c1-21(18,19)14-4-2-3-13(15(14)16)20-12-7-5-11(6-8-12)9-10-17/h2-8,17H,9-10,16H2,1H3. The van der Waals surface area contributed by atoms with Gasteiger partial charge in [0.25, 0.3) is 0 Å². The van der Waals surface area contributed by atoms with Crippen LogP contribution in [0.4, 0.5) is 5.69 Å². The molecule has 3 N–H and O–H groups in total. The molecule has 0 aliphatic rings. The van der Waals surface area contributed by atoms with Gasteiger partial charge in [-0.15, -0.1) is 0 Å². The van der Waals surface area contributed by atoms with Crippen LogP contribution in [0.2, 0.25) is 0 Å². The van der Waals surface area contributed by atoms with Crippen LogP contribution >= 0.6 is 0 Å². The smallest absolute Gasteiger partial charge is 0.177 e. The van der Waals surface area contributed by atoms with Crippen molar-refractivity contribution in [2.24, 2.45) is 0 Å². The van der Waals surface area contributed by atoms with Gasteiger partial charge in [0.05, 0.1) is 10.6 Å². The molecule has 2 rings (SSSR count). The van der Waals surface area contributed by atoms with Crippen LogP contribution in [0.3, 0.4) is 0 Å². The Labute approximate surface area is 123 Å². The molecule has 0 bridgehead atoms. The molecule has 0 atom stereocenters. The number of ether oxygens (including phenoxy) is 1. The lowest BCUT2D eigenvalue weighted by Gasteiger charge is -2.11. The predicted molar refractivity (Wildman–Crippen MR) is 81.3 cm³/mol. The van der Waals surface area contributed by atoms with Crippen LogP contribution in [-0.4, -0.2) is 26.4 Å². The van der Waals surface area contributed by atoms with Gasteiger partial charge in [-0.1, -0.05) is 18.2 Å². The number of rotatable bonds is 5. The third kappa shape index (κ3) is 3.74. The molecule has 0 radical (unpaired) electrons. The maximum Gasteiger partial charge on any atom is 0.177 e. The van der Waals surface area contributed by atoms with Gasteiger partial charge < -0.3 is 15.6 Å². The number of anilines is 1. The average molecular weight is 307 g/mol. The second-order valence-corrected chi connectivity index (χ2v) is 6.64. The van der Waals surface area contributed by atoms with Crippen molar-refractivity contribution < 1.29 is 18.3 Å². The van der Waals surface area contributed by atoms with Crippen molar-refractivity contribution >= 4 is 15.5 Å². The Balaban J connectivity index is 2.28. The van der Waals surface area contributed by atoms with Crippen molar-refractivity contribution in [2.45, 2.75) is 11.3 Å². The molecule has 0 unspecified atom stereocenters. The number of nitrogens with two attached hydrogens (primary N) is 1. The quantitative estimate of drug-likeness (QED) is 0.825. The summed E-state index contributed by atoms with van der Waals surface area (Å²) in [5.41, 5.74) is 6.94. The van der Waals surface area contributed by atoms with Crippen LogP contribution in [-0.2, 0) is 16.3 Å². The van der Waals surface area contributed by atoms with Gasteiger partial charge in [-0.2, -0.15) is 0 Å². The van der Waals surface area contributed by atoms with E-state index in [4.69, 9.17) is 15.6 Å². The molecule has 2 aromatic carbocycles. The molecule has 0 amide bonds. The van der Waals surface area contributed by atoms with Gasteiger partial charge in [0, 0.05) is 12.9 Å². The van der Waals surface area contributed by atoms with E-state index < -0.39 is 9.84 Å². The van der Waals surface area contributed by atoms with Crippen LogP contribution in [0, 0.1) is 0 Å². The number of hydrogen-bond acceptors (Lipinski definition) is 5. The van der Waals surface area contributed by atoms with Crippen molar-refractivity contribution in [3.63, 3.8) is 0 Å². The zero-order valence-electron chi connectivity index (χ0n) is 11.6. The average Bonchev–Trinajstić information content (AvgIpc) is 2.42. The number of nitrogen functional groups attached to an aromatic ring is 1. The van der Waals surface area contributed by atoms with Crippen molar-refractivity contribution in [2.75, 3.05) is 18.6 Å². The van der Waals surface area contributed by atoms with Gasteiger partial charge in [-0.3, -0.25) is 0 Å². The van der Waals surface area contributed by atoms with Gasteiger partial charge in [0.2, 0.25) is 0 Å². The van der Waals surface area contributed by atoms with Gasteiger partial charge in [-0.25, -0.2) is 8.42 Å². The van der Waals surface area contributed by atoms with E-state index in [0.29, 0.717) is 17.9 Å². The molecular weight excluding hydrogens is 290 g/mol. The highest BCUT2D eigenvalue weighted by Gasteiger charge is 2.15. The fourth-order valence-corrected chi connectivity index (χ4v) is 2.74. The lowest BCUT2D eigenvalue weighted by atomic mass is 10.1. The highest BCUT2D eigenvalue weighted by molar-refractivity contribution is 7.90. The molecule has 21 heavy (non-hydrogen) atoms. The Morgan fingerprint density at radius 1 is 1.14 bits per heavy atom. The first-order valence-corrected chi connectivity index (χ1v) is 8.27. The molecular formula is C15H17NO4S. The zero-order chi connectivity index (χ0) is 15.5. The van der Waals surface area contributed by atoms with Crippen molar-refractivity contribution in [1.29, 1.82) is 0 Å². The molecule has 0 aliphatic heterocycles. The van der Waals surface area contributed by atoms with Gasteiger partial charge in [0.15, 0.2) is 15.6 Å². The van der Waals surface area contributed by atoms with E-state index in [1.54, 1.807) is 24.3 Å². The summed E-state index contributed by atoms with van der Waals surface area (Å²) in [6.07, 6.45) is 1.68. The minimum atomic E-state index is -3.40. The normalized spacial score (nSPS) is 11.3. The fraction of sp³-hybridized carbons (Fsp3) is 0.200. The first-order valence-electron chi connectivity index (χ1n) is 6.38. The van der Waals surface area contributed by atoms with E-state index in [2.05, 4.69) is 0 Å². The molecule has 0 spiro atoms. The van der Waals surface area contributed by atoms with Crippen LogP contribution in [0.15, 0.2) is 47.4 Å². The molecule has 0 fully saturated rings. The Bertz CT molecular complexity index is 724. The van der Waals surface area contributed by atoms with Crippen molar-refractivity contribution in [3.05, 3.63) is 48.0 Å². The fourth-order valence-electron chi connectivity index (χ4n) is 1.92. The lowest BCUT2D eigenvalue weighted by Crippen LogP contribution is -2.03. The molecule has 6 heteroatoms. The van der Waals surface area contributed by atoms with E-state index in [1.807, 2.05) is 12.1 Å². The number of sulfone groups is 1. The van der Waals surface area contributed by atoms with E-state index in [0.717, 1.165) is 11.8 Å². The molecule has 0 saturated carbocycles. The highest BCUT2D eigenvalue weighted by Crippen LogP contribution is 2.32. The third-order valence-electron chi connectivity index (χ3n) is 2.98. The summed E-state index contributed by atoms with van der Waals surface area (Å²) in [6, 6.07) is 11.8. The first kappa shape index (κ1) is 15.3. The van der Waals surface area contributed by atoms with Gasteiger partial charge in [0.1, 0.15) is 5.75 Å². The van der Waals surface area contributed by atoms with Crippen LogP contribution in [0.1, 0.15) is 5.56 Å². The second-order valence-electron chi connectivity index (χ2n) is 4.66. The molecule has 0 aliphatic carbocycles. The Hall–Kier alpha value is -2.05. The zero-order valence-corrected chi connectivity index (χ0v) is 12.4. The Kier molecular flexibility index (Phi) is 4.50. The Morgan fingerprint density at radius 2 is 1.81 bits per heavy atom. The SMILES string of the molecule is CS(=O)(=O)c1cccc(Oc2ccc(CCO)cc2)c1N. The molecule has 0 aromatic heterocycles. The summed E-state index contributed by atoms with van der Waals surface area (Å²) in [5.74, 6) is 0.849. The highest BCUT2D eigenvalue weighted by atomic mass is 32.2.